The zero-order valence-corrected chi connectivity index (χ0v) is 14.7. The second-order valence-corrected chi connectivity index (χ2v) is 7.29. The fraction of sp³-hybridized carbons (Fsp3) is 0.421. The molecule has 0 unspecified atom stereocenters. The molecular weight excluding hydrogens is 304 g/mol. The molecule has 1 N–H and O–H groups in total. The summed E-state index contributed by atoms with van der Waals surface area (Å²) in [5.74, 6) is 1.99. The molecular formula is C19H24N2OS. The zero-order chi connectivity index (χ0) is 16.2. The van der Waals surface area contributed by atoms with Crippen LogP contribution >= 0.6 is 11.8 Å². The molecule has 1 aromatic heterocycles. The number of amides is 1. The molecule has 3 nitrogen and oxygen atoms in total. The van der Waals surface area contributed by atoms with Gasteiger partial charge in [-0.25, -0.2) is 0 Å². The number of nitrogens with one attached hydrogen (secondary N) is 1. The summed E-state index contributed by atoms with van der Waals surface area (Å²) >= 11 is 1.85. The number of nitrogens with zero attached hydrogens (tertiary/aromatic N) is 1. The van der Waals surface area contributed by atoms with Crippen LogP contribution in [0.2, 0.25) is 0 Å². The highest BCUT2D eigenvalue weighted by atomic mass is 32.2. The monoisotopic (exact) mass is 328 g/mol. The Hall–Kier alpha value is -1.68. The maximum Gasteiger partial charge on any atom is 0.253 e. The molecule has 23 heavy (non-hydrogen) atoms. The van der Waals surface area contributed by atoms with E-state index in [1.807, 2.05) is 23.9 Å². The van der Waals surface area contributed by atoms with E-state index in [1.54, 1.807) is 0 Å². The Labute approximate surface area is 142 Å². The van der Waals surface area contributed by atoms with Crippen LogP contribution in [0.3, 0.4) is 0 Å². The first-order chi connectivity index (χ1) is 11.2. The van der Waals surface area contributed by atoms with Crippen molar-refractivity contribution in [3.05, 3.63) is 58.9 Å². The molecule has 1 fully saturated rings. The van der Waals surface area contributed by atoms with E-state index in [0.717, 1.165) is 22.8 Å². The number of benzene rings is 1. The van der Waals surface area contributed by atoms with E-state index in [0.29, 0.717) is 12.6 Å². The first-order valence-corrected chi connectivity index (χ1v) is 9.40. The number of hydrogen-bond donors (Lipinski definition) is 1. The summed E-state index contributed by atoms with van der Waals surface area (Å²) in [6, 6.07) is 13.1. The van der Waals surface area contributed by atoms with Crippen molar-refractivity contribution in [1.82, 2.24) is 9.88 Å². The number of hydrogen-bond acceptors (Lipinski definition) is 2. The van der Waals surface area contributed by atoms with Gasteiger partial charge in [-0.05, 0) is 38.3 Å². The number of rotatable bonds is 7. The van der Waals surface area contributed by atoms with Crippen LogP contribution in [-0.4, -0.2) is 22.8 Å². The van der Waals surface area contributed by atoms with Gasteiger partial charge >= 0.3 is 0 Å². The Morgan fingerprint density at radius 3 is 2.70 bits per heavy atom. The van der Waals surface area contributed by atoms with Crippen LogP contribution in [0.4, 0.5) is 0 Å². The Morgan fingerprint density at radius 2 is 2.00 bits per heavy atom. The molecule has 0 radical (unpaired) electrons. The van der Waals surface area contributed by atoms with E-state index in [-0.39, 0.29) is 5.91 Å². The van der Waals surface area contributed by atoms with E-state index in [2.05, 4.69) is 48.0 Å². The van der Waals surface area contributed by atoms with Gasteiger partial charge in [-0.1, -0.05) is 30.3 Å². The van der Waals surface area contributed by atoms with Gasteiger partial charge in [0.05, 0.1) is 5.56 Å². The molecule has 1 aliphatic rings. The van der Waals surface area contributed by atoms with Crippen molar-refractivity contribution in [1.29, 1.82) is 0 Å². The lowest BCUT2D eigenvalue weighted by molar-refractivity contribution is 0.0955. The van der Waals surface area contributed by atoms with Crippen molar-refractivity contribution in [3.8, 4) is 0 Å². The maximum absolute atomic E-state index is 12.4. The smallest absolute Gasteiger partial charge is 0.253 e. The van der Waals surface area contributed by atoms with E-state index < -0.39 is 0 Å². The minimum Gasteiger partial charge on any atom is -0.351 e. The SMILES string of the molecule is Cc1cc(C(=O)NCCSCc2ccccc2)c(C)n1C1CC1. The second-order valence-electron chi connectivity index (χ2n) is 6.18. The third-order valence-corrected chi connectivity index (χ3v) is 5.31. The first kappa shape index (κ1) is 16.2. The van der Waals surface area contributed by atoms with Crippen LogP contribution in [0.15, 0.2) is 36.4 Å². The summed E-state index contributed by atoms with van der Waals surface area (Å²) in [4.78, 5) is 12.4. The van der Waals surface area contributed by atoms with E-state index in [4.69, 9.17) is 0 Å². The van der Waals surface area contributed by atoms with Gasteiger partial charge in [-0.2, -0.15) is 11.8 Å². The minimum absolute atomic E-state index is 0.0605. The quantitative estimate of drug-likeness (QED) is 0.776. The maximum atomic E-state index is 12.4. The summed E-state index contributed by atoms with van der Waals surface area (Å²) < 4.78 is 2.32. The Kier molecular flexibility index (Phi) is 5.11. The summed E-state index contributed by atoms with van der Waals surface area (Å²) in [7, 11) is 0. The van der Waals surface area contributed by atoms with E-state index in [9.17, 15) is 4.79 Å². The zero-order valence-electron chi connectivity index (χ0n) is 13.8. The Morgan fingerprint density at radius 1 is 1.26 bits per heavy atom. The average Bonchev–Trinajstić information content (AvgIpc) is 3.33. The van der Waals surface area contributed by atoms with Gasteiger partial charge < -0.3 is 9.88 Å². The van der Waals surface area contributed by atoms with E-state index in [1.165, 1.54) is 24.1 Å². The molecule has 0 aliphatic heterocycles. The molecule has 4 heteroatoms. The summed E-state index contributed by atoms with van der Waals surface area (Å²) in [5.41, 5.74) is 4.48. The van der Waals surface area contributed by atoms with Crippen LogP contribution in [0.5, 0.6) is 0 Å². The third kappa shape index (κ3) is 3.99. The molecule has 0 saturated heterocycles. The molecule has 1 saturated carbocycles. The number of thioether (sulfide) groups is 1. The molecule has 1 heterocycles. The third-order valence-electron chi connectivity index (χ3n) is 4.28. The largest absolute Gasteiger partial charge is 0.351 e. The summed E-state index contributed by atoms with van der Waals surface area (Å²) in [6.07, 6.45) is 2.49. The Balaban J connectivity index is 1.45. The van der Waals surface area contributed by atoms with Gasteiger partial charge in [0.15, 0.2) is 0 Å². The van der Waals surface area contributed by atoms with Crippen molar-refractivity contribution >= 4 is 17.7 Å². The van der Waals surface area contributed by atoms with Crippen LogP contribution in [-0.2, 0) is 5.75 Å². The fourth-order valence-corrected chi connectivity index (χ4v) is 3.82. The van der Waals surface area contributed by atoms with Crippen molar-refractivity contribution in [2.75, 3.05) is 12.3 Å². The van der Waals surface area contributed by atoms with Gasteiger partial charge in [0.25, 0.3) is 5.91 Å². The predicted molar refractivity (Wildman–Crippen MR) is 97.1 cm³/mol. The number of carbonyl (C=O) groups excluding carboxylic acids is 1. The lowest BCUT2D eigenvalue weighted by Gasteiger charge is -2.08. The number of aromatic nitrogens is 1. The van der Waals surface area contributed by atoms with Crippen molar-refractivity contribution in [3.63, 3.8) is 0 Å². The van der Waals surface area contributed by atoms with Gasteiger partial charge in [-0.15, -0.1) is 0 Å². The second kappa shape index (κ2) is 7.26. The van der Waals surface area contributed by atoms with Crippen LogP contribution in [0.25, 0.3) is 0 Å². The highest BCUT2D eigenvalue weighted by molar-refractivity contribution is 7.98. The standard InChI is InChI=1S/C19H24N2OS/c1-14-12-18(15(2)21(14)17-8-9-17)19(22)20-10-11-23-13-16-6-4-3-5-7-16/h3-7,12,17H,8-11,13H2,1-2H3,(H,20,22). The summed E-state index contributed by atoms with van der Waals surface area (Å²) in [5, 5.41) is 3.05. The summed E-state index contributed by atoms with van der Waals surface area (Å²) in [6.45, 7) is 4.87. The van der Waals surface area contributed by atoms with Crippen molar-refractivity contribution in [2.24, 2.45) is 0 Å². The minimum atomic E-state index is 0.0605. The molecule has 1 amide bonds. The molecule has 0 atom stereocenters. The number of aryl methyl sites for hydroxylation is 1. The Bertz CT molecular complexity index is 674. The normalized spacial score (nSPS) is 14.0. The highest BCUT2D eigenvalue weighted by Crippen LogP contribution is 2.38. The van der Waals surface area contributed by atoms with E-state index >= 15 is 0 Å². The first-order valence-electron chi connectivity index (χ1n) is 8.25. The lowest BCUT2D eigenvalue weighted by Crippen LogP contribution is -2.26. The highest BCUT2D eigenvalue weighted by Gasteiger charge is 2.28. The van der Waals surface area contributed by atoms with Gasteiger partial charge in [-0.3, -0.25) is 4.79 Å². The predicted octanol–water partition coefficient (Wildman–Crippen LogP) is 4.10. The van der Waals surface area contributed by atoms with Crippen LogP contribution in [0, 0.1) is 13.8 Å². The molecule has 3 rings (SSSR count). The fourth-order valence-electron chi connectivity index (χ4n) is 3.00. The van der Waals surface area contributed by atoms with Crippen LogP contribution in [0.1, 0.15) is 46.2 Å². The lowest BCUT2D eigenvalue weighted by atomic mass is 10.2. The van der Waals surface area contributed by atoms with Gasteiger partial charge in [0.1, 0.15) is 0 Å². The number of carbonyl (C=O) groups is 1. The van der Waals surface area contributed by atoms with Crippen LogP contribution < -0.4 is 5.32 Å². The van der Waals surface area contributed by atoms with Crippen molar-refractivity contribution < 1.29 is 4.79 Å². The molecule has 0 bridgehead atoms. The molecule has 1 aliphatic carbocycles. The topological polar surface area (TPSA) is 34.0 Å². The molecule has 122 valence electrons. The molecule has 1 aromatic carbocycles. The van der Waals surface area contributed by atoms with Crippen molar-refractivity contribution in [2.45, 2.75) is 38.5 Å². The van der Waals surface area contributed by atoms with Gasteiger partial charge in [0, 0.05) is 35.5 Å². The molecule has 2 aromatic rings. The molecule has 0 spiro atoms. The average molecular weight is 328 g/mol. The van der Waals surface area contributed by atoms with Gasteiger partial charge in [0.2, 0.25) is 0 Å².